The van der Waals surface area contributed by atoms with Crippen LogP contribution >= 0.6 is 11.3 Å². The van der Waals surface area contributed by atoms with Crippen LogP contribution in [-0.4, -0.2) is 62.2 Å². The van der Waals surface area contributed by atoms with Gasteiger partial charge in [0.2, 0.25) is 0 Å². The summed E-state index contributed by atoms with van der Waals surface area (Å²) in [4.78, 5) is 23.4. The summed E-state index contributed by atoms with van der Waals surface area (Å²) in [5.41, 5.74) is 1.82. The van der Waals surface area contributed by atoms with Gasteiger partial charge in [-0.25, -0.2) is 15.0 Å². The van der Waals surface area contributed by atoms with E-state index in [0.29, 0.717) is 23.7 Å². The van der Waals surface area contributed by atoms with Crippen molar-refractivity contribution in [3.05, 3.63) is 54.5 Å². The highest BCUT2D eigenvalue weighted by Gasteiger charge is 2.42. The molecule has 0 amide bonds. The van der Waals surface area contributed by atoms with Crippen molar-refractivity contribution in [1.82, 2.24) is 24.8 Å². The fourth-order valence-corrected chi connectivity index (χ4v) is 5.80. The molecule has 0 radical (unpaired) electrons. The monoisotopic (exact) mass is 473 g/mol. The highest BCUT2D eigenvalue weighted by Crippen LogP contribution is 2.34. The molecule has 9 heteroatoms. The molecule has 2 atom stereocenters. The van der Waals surface area contributed by atoms with Gasteiger partial charge >= 0.3 is 0 Å². The summed E-state index contributed by atoms with van der Waals surface area (Å²) in [7, 11) is 2.20. The van der Waals surface area contributed by atoms with Gasteiger partial charge in [-0.05, 0) is 38.9 Å². The van der Waals surface area contributed by atoms with E-state index in [1.165, 1.54) is 6.42 Å². The normalized spacial score (nSPS) is 20.4. The van der Waals surface area contributed by atoms with E-state index in [-0.39, 0.29) is 0 Å². The summed E-state index contributed by atoms with van der Waals surface area (Å²) in [5.74, 6) is 2.27. The van der Waals surface area contributed by atoms with Gasteiger partial charge in [-0.15, -0.1) is 11.3 Å². The lowest BCUT2D eigenvalue weighted by Gasteiger charge is -2.32. The molecule has 6 rings (SSSR count). The first-order valence-electron chi connectivity index (χ1n) is 11.5. The summed E-state index contributed by atoms with van der Waals surface area (Å²) in [6, 6.07) is 11.0. The standard InChI is InChI=1S/C25H27N7OS/c1-25(2,33)16-6-4-5-15(7-16)24-28-19-9-21(27-10-20(19)34-24)29-22-11-26-12-23(30-22)32-14-17-8-18(32)13-31(17)3/h4-7,9-12,17-18,33H,8,13-14H2,1-3H3,(H,27,29,30)/t17-,18-/m0/s1. The number of piperazine rings is 1. The van der Waals surface area contributed by atoms with Gasteiger partial charge in [0.1, 0.15) is 16.6 Å². The lowest BCUT2D eigenvalue weighted by molar-refractivity contribution is 0.0786. The van der Waals surface area contributed by atoms with Crippen molar-refractivity contribution in [1.29, 1.82) is 0 Å². The van der Waals surface area contributed by atoms with Gasteiger partial charge in [0.05, 0.1) is 28.2 Å². The molecule has 0 spiro atoms. The molecule has 1 aromatic carbocycles. The Balaban J connectivity index is 1.24. The van der Waals surface area contributed by atoms with Gasteiger partial charge < -0.3 is 15.3 Å². The number of thiazole rings is 1. The summed E-state index contributed by atoms with van der Waals surface area (Å²) in [6.45, 7) is 5.65. The minimum Gasteiger partial charge on any atom is -0.386 e. The number of aromatic nitrogens is 4. The van der Waals surface area contributed by atoms with Gasteiger partial charge in [0, 0.05) is 43.0 Å². The van der Waals surface area contributed by atoms with Crippen molar-refractivity contribution < 1.29 is 5.11 Å². The number of likely N-dealkylation sites (N-methyl/N-ethyl adjacent to an activating group) is 1. The van der Waals surface area contributed by atoms with Gasteiger partial charge in [-0.2, -0.15) is 0 Å². The van der Waals surface area contributed by atoms with Crippen molar-refractivity contribution in [2.24, 2.45) is 0 Å². The van der Waals surface area contributed by atoms with E-state index < -0.39 is 5.60 Å². The van der Waals surface area contributed by atoms with E-state index in [2.05, 4.69) is 32.1 Å². The molecule has 4 aromatic rings. The SMILES string of the molecule is CN1C[C@@H]2C[C@H]1CN2c1cncc(Nc2cc3nc(-c4cccc(C(C)(C)O)c4)sc3cn2)n1. The Labute approximate surface area is 202 Å². The Morgan fingerprint density at radius 2 is 1.94 bits per heavy atom. The average Bonchev–Trinajstić information content (AvgIpc) is 3.52. The zero-order valence-corrected chi connectivity index (χ0v) is 20.3. The van der Waals surface area contributed by atoms with Crippen molar-refractivity contribution in [2.75, 3.05) is 30.4 Å². The molecule has 2 saturated heterocycles. The summed E-state index contributed by atoms with van der Waals surface area (Å²) >= 11 is 1.59. The molecule has 0 saturated carbocycles. The van der Waals surface area contributed by atoms with Crippen LogP contribution in [-0.2, 0) is 5.60 Å². The molecule has 3 aromatic heterocycles. The first kappa shape index (κ1) is 21.4. The highest BCUT2D eigenvalue weighted by molar-refractivity contribution is 7.21. The van der Waals surface area contributed by atoms with E-state index in [4.69, 9.17) is 9.97 Å². The van der Waals surface area contributed by atoms with E-state index in [0.717, 1.165) is 45.3 Å². The lowest BCUT2D eigenvalue weighted by atomic mass is 9.97. The maximum atomic E-state index is 10.4. The molecule has 2 aliphatic rings. The van der Waals surface area contributed by atoms with Crippen molar-refractivity contribution >= 4 is 39.0 Å². The molecule has 34 heavy (non-hydrogen) atoms. The Bertz CT molecular complexity index is 1360. The molecule has 2 bridgehead atoms. The number of hydrogen-bond donors (Lipinski definition) is 2. The Morgan fingerprint density at radius 3 is 2.71 bits per heavy atom. The number of benzene rings is 1. The van der Waals surface area contributed by atoms with Crippen molar-refractivity contribution in [3.63, 3.8) is 0 Å². The van der Waals surface area contributed by atoms with E-state index in [1.54, 1.807) is 31.4 Å². The van der Waals surface area contributed by atoms with Crippen LogP contribution in [0.15, 0.2) is 48.9 Å². The molecule has 5 heterocycles. The summed E-state index contributed by atoms with van der Waals surface area (Å²) < 4.78 is 1.01. The maximum Gasteiger partial charge on any atom is 0.152 e. The maximum absolute atomic E-state index is 10.4. The minimum absolute atomic E-state index is 0.511. The Hall–Kier alpha value is -3.14. The first-order chi connectivity index (χ1) is 16.3. The number of fused-ring (bicyclic) bond motifs is 3. The fourth-order valence-electron chi connectivity index (χ4n) is 4.89. The van der Waals surface area contributed by atoms with Gasteiger partial charge in [0.15, 0.2) is 5.82 Å². The van der Waals surface area contributed by atoms with Crippen molar-refractivity contribution in [3.8, 4) is 10.6 Å². The molecule has 2 aliphatic heterocycles. The van der Waals surface area contributed by atoms with Crippen LogP contribution in [0.25, 0.3) is 20.8 Å². The fraction of sp³-hybridized carbons (Fsp3) is 0.360. The van der Waals surface area contributed by atoms with Crippen LogP contribution in [0.4, 0.5) is 17.5 Å². The quantitative estimate of drug-likeness (QED) is 0.449. The van der Waals surface area contributed by atoms with Gasteiger partial charge in [0.25, 0.3) is 0 Å². The average molecular weight is 474 g/mol. The first-order valence-corrected chi connectivity index (χ1v) is 12.3. The molecule has 174 valence electrons. The third kappa shape index (κ3) is 3.89. The Kier molecular flexibility index (Phi) is 5.02. The summed E-state index contributed by atoms with van der Waals surface area (Å²) in [6.07, 6.45) is 6.60. The lowest BCUT2D eigenvalue weighted by Crippen LogP contribution is -2.44. The smallest absolute Gasteiger partial charge is 0.152 e. The molecular formula is C25H27N7OS. The molecule has 0 aliphatic carbocycles. The highest BCUT2D eigenvalue weighted by atomic mass is 32.1. The van der Waals surface area contributed by atoms with Crippen LogP contribution < -0.4 is 10.2 Å². The van der Waals surface area contributed by atoms with Crippen LogP contribution in [0.3, 0.4) is 0 Å². The number of nitrogens with zero attached hydrogens (tertiary/aromatic N) is 6. The summed E-state index contributed by atoms with van der Waals surface area (Å²) in [5, 5.41) is 14.6. The van der Waals surface area contributed by atoms with E-state index >= 15 is 0 Å². The number of hydrogen-bond acceptors (Lipinski definition) is 9. The van der Waals surface area contributed by atoms with E-state index in [9.17, 15) is 5.11 Å². The number of aliphatic hydroxyl groups is 1. The molecule has 0 unspecified atom stereocenters. The molecular weight excluding hydrogens is 446 g/mol. The number of anilines is 3. The third-order valence-corrected chi connectivity index (χ3v) is 7.83. The molecule has 2 fully saturated rings. The zero-order valence-electron chi connectivity index (χ0n) is 19.4. The third-order valence-electron chi connectivity index (χ3n) is 6.78. The molecule has 8 nitrogen and oxygen atoms in total. The second-order valence-electron chi connectivity index (χ2n) is 9.72. The topological polar surface area (TPSA) is 90.3 Å². The van der Waals surface area contributed by atoms with Gasteiger partial charge in [-0.1, -0.05) is 18.2 Å². The van der Waals surface area contributed by atoms with Crippen LogP contribution in [0, 0.1) is 0 Å². The largest absolute Gasteiger partial charge is 0.386 e. The van der Waals surface area contributed by atoms with Crippen LogP contribution in [0.1, 0.15) is 25.8 Å². The number of pyridine rings is 1. The number of likely N-dealkylation sites (tertiary alicyclic amines) is 1. The predicted octanol–water partition coefficient (Wildman–Crippen LogP) is 4.01. The zero-order chi connectivity index (χ0) is 23.4. The second kappa shape index (κ2) is 7.97. The molecule has 2 N–H and O–H groups in total. The van der Waals surface area contributed by atoms with Crippen LogP contribution in [0.2, 0.25) is 0 Å². The predicted molar refractivity (Wildman–Crippen MR) is 136 cm³/mol. The van der Waals surface area contributed by atoms with E-state index in [1.807, 2.05) is 42.7 Å². The van der Waals surface area contributed by atoms with Gasteiger partial charge in [-0.3, -0.25) is 9.88 Å². The number of nitrogens with one attached hydrogen (secondary N) is 1. The van der Waals surface area contributed by atoms with Crippen LogP contribution in [0.5, 0.6) is 0 Å². The number of rotatable bonds is 5. The van der Waals surface area contributed by atoms with Crippen molar-refractivity contribution in [2.45, 2.75) is 38.0 Å². The minimum atomic E-state index is -0.897. The second-order valence-corrected chi connectivity index (χ2v) is 10.7. The Morgan fingerprint density at radius 1 is 1.06 bits per heavy atom.